The number of hydrogen-bond acceptors (Lipinski definition) is 7. The minimum absolute atomic E-state index is 0.0254. The van der Waals surface area contributed by atoms with Gasteiger partial charge in [-0.2, -0.15) is 4.72 Å². The van der Waals surface area contributed by atoms with Gasteiger partial charge in [0, 0.05) is 30.6 Å². The first-order valence-electron chi connectivity index (χ1n) is 8.57. The standard InChI is InChI=1S/C18H20N4O4S2/c1-2-6-19-28(24,25)16-5-3-4-14(11-16)17(23)21-18-20-15(13-27-18)12-22-7-9-26-10-8-22/h1,3-5,11,13,19H,6-10,12H2,(H,20,21,23). The van der Waals surface area contributed by atoms with Gasteiger partial charge in [0.15, 0.2) is 5.13 Å². The predicted molar refractivity (Wildman–Crippen MR) is 107 cm³/mol. The molecule has 1 amide bonds. The van der Waals surface area contributed by atoms with E-state index >= 15 is 0 Å². The van der Waals surface area contributed by atoms with E-state index in [9.17, 15) is 13.2 Å². The third-order valence-corrected chi connectivity index (χ3v) is 6.24. The maximum absolute atomic E-state index is 12.5. The molecule has 1 aliphatic rings. The lowest BCUT2D eigenvalue weighted by Crippen LogP contribution is -2.35. The van der Waals surface area contributed by atoms with Crippen LogP contribution in [-0.4, -0.2) is 57.1 Å². The van der Waals surface area contributed by atoms with E-state index in [-0.39, 0.29) is 17.0 Å². The summed E-state index contributed by atoms with van der Waals surface area (Å²) in [7, 11) is -3.76. The number of rotatable bonds is 7. The lowest BCUT2D eigenvalue weighted by molar-refractivity contribution is 0.0337. The molecule has 0 aliphatic carbocycles. The zero-order valence-electron chi connectivity index (χ0n) is 15.1. The zero-order chi connectivity index (χ0) is 20.0. The number of carbonyl (C=O) groups is 1. The minimum Gasteiger partial charge on any atom is -0.379 e. The number of benzene rings is 1. The third kappa shape index (κ3) is 5.37. The van der Waals surface area contributed by atoms with Crippen LogP contribution in [0.15, 0.2) is 34.5 Å². The second-order valence-electron chi connectivity index (χ2n) is 6.04. The maximum Gasteiger partial charge on any atom is 0.257 e. The molecule has 0 spiro atoms. The van der Waals surface area contributed by atoms with Crippen molar-refractivity contribution in [1.29, 1.82) is 0 Å². The van der Waals surface area contributed by atoms with Crippen LogP contribution in [0.5, 0.6) is 0 Å². The monoisotopic (exact) mass is 420 g/mol. The molecular formula is C18H20N4O4S2. The van der Waals surface area contributed by atoms with Crippen LogP contribution < -0.4 is 10.0 Å². The first-order chi connectivity index (χ1) is 13.5. The van der Waals surface area contributed by atoms with Crippen LogP contribution in [0.1, 0.15) is 16.1 Å². The third-order valence-electron chi connectivity index (χ3n) is 4.03. The molecule has 2 N–H and O–H groups in total. The number of thiazole rings is 1. The Morgan fingerprint density at radius 2 is 2.14 bits per heavy atom. The molecule has 2 heterocycles. The van der Waals surface area contributed by atoms with E-state index in [2.05, 4.69) is 25.8 Å². The Labute approximate surface area is 168 Å². The van der Waals surface area contributed by atoms with Crippen molar-refractivity contribution in [3.63, 3.8) is 0 Å². The van der Waals surface area contributed by atoms with Crippen molar-refractivity contribution in [1.82, 2.24) is 14.6 Å². The highest BCUT2D eigenvalue weighted by atomic mass is 32.2. The summed E-state index contributed by atoms with van der Waals surface area (Å²) >= 11 is 1.33. The average molecular weight is 421 g/mol. The van der Waals surface area contributed by atoms with Gasteiger partial charge in [0.05, 0.1) is 30.3 Å². The van der Waals surface area contributed by atoms with Crippen molar-refractivity contribution in [2.75, 3.05) is 38.2 Å². The van der Waals surface area contributed by atoms with Gasteiger partial charge in [0.1, 0.15) is 0 Å². The molecule has 0 bridgehead atoms. The predicted octanol–water partition coefficient (Wildman–Crippen LogP) is 1.14. The molecule has 0 atom stereocenters. The highest BCUT2D eigenvalue weighted by Gasteiger charge is 2.17. The zero-order valence-corrected chi connectivity index (χ0v) is 16.7. The van der Waals surface area contributed by atoms with Crippen LogP contribution in [0, 0.1) is 12.3 Å². The molecule has 28 heavy (non-hydrogen) atoms. The van der Waals surface area contributed by atoms with Crippen molar-refractivity contribution >= 4 is 32.4 Å². The van der Waals surface area contributed by atoms with Crippen molar-refractivity contribution in [2.45, 2.75) is 11.4 Å². The lowest BCUT2D eigenvalue weighted by atomic mass is 10.2. The number of morpholine rings is 1. The molecule has 1 aromatic carbocycles. The summed E-state index contributed by atoms with van der Waals surface area (Å²) < 4.78 is 31.9. The van der Waals surface area contributed by atoms with Crippen molar-refractivity contribution in [3.05, 3.63) is 40.9 Å². The van der Waals surface area contributed by atoms with Gasteiger partial charge >= 0.3 is 0 Å². The number of terminal acetylenes is 1. The molecular weight excluding hydrogens is 400 g/mol. The molecule has 3 rings (SSSR count). The van der Waals surface area contributed by atoms with Crippen LogP contribution in [0.3, 0.4) is 0 Å². The van der Waals surface area contributed by atoms with Crippen LogP contribution in [-0.2, 0) is 21.3 Å². The molecule has 10 heteroatoms. The topological polar surface area (TPSA) is 101 Å². The molecule has 0 unspecified atom stereocenters. The van der Waals surface area contributed by atoms with Gasteiger partial charge in [-0.25, -0.2) is 13.4 Å². The molecule has 0 saturated carbocycles. The molecule has 1 saturated heterocycles. The SMILES string of the molecule is C#CCNS(=O)(=O)c1cccc(C(=O)Nc2nc(CN3CCOCC3)cs2)c1. The van der Waals surface area contributed by atoms with Gasteiger partial charge in [-0.15, -0.1) is 17.8 Å². The van der Waals surface area contributed by atoms with Crippen LogP contribution in [0.4, 0.5) is 5.13 Å². The maximum atomic E-state index is 12.5. The summed E-state index contributed by atoms with van der Waals surface area (Å²) in [5, 5.41) is 5.08. The second kappa shape index (κ2) is 9.27. The highest BCUT2D eigenvalue weighted by molar-refractivity contribution is 7.89. The van der Waals surface area contributed by atoms with Crippen LogP contribution >= 0.6 is 11.3 Å². The molecule has 1 aromatic heterocycles. The van der Waals surface area contributed by atoms with E-state index < -0.39 is 15.9 Å². The first kappa shape index (κ1) is 20.4. The summed E-state index contributed by atoms with van der Waals surface area (Å²) in [6.45, 7) is 3.71. The fourth-order valence-corrected chi connectivity index (χ4v) is 4.30. The number of amides is 1. The number of carbonyl (C=O) groups excluding carboxylic acids is 1. The second-order valence-corrected chi connectivity index (χ2v) is 8.67. The van der Waals surface area contributed by atoms with Gasteiger partial charge in [-0.05, 0) is 18.2 Å². The Morgan fingerprint density at radius 3 is 2.89 bits per heavy atom. The van der Waals surface area contributed by atoms with Gasteiger partial charge in [-0.3, -0.25) is 15.0 Å². The first-order valence-corrected chi connectivity index (χ1v) is 10.9. The molecule has 0 radical (unpaired) electrons. The largest absolute Gasteiger partial charge is 0.379 e. The van der Waals surface area contributed by atoms with Crippen molar-refractivity contribution < 1.29 is 17.9 Å². The Morgan fingerprint density at radius 1 is 1.36 bits per heavy atom. The number of sulfonamides is 1. The number of nitrogens with one attached hydrogen (secondary N) is 2. The van der Waals surface area contributed by atoms with Gasteiger partial charge in [0.25, 0.3) is 5.91 Å². The number of anilines is 1. The van der Waals surface area contributed by atoms with E-state index in [1.54, 1.807) is 0 Å². The Balaban J connectivity index is 1.65. The van der Waals surface area contributed by atoms with Crippen molar-refractivity contribution in [3.8, 4) is 12.3 Å². The number of ether oxygens (including phenoxy) is 1. The van der Waals surface area contributed by atoms with E-state index in [0.29, 0.717) is 24.9 Å². The summed E-state index contributed by atoms with van der Waals surface area (Å²) in [5.41, 5.74) is 1.09. The van der Waals surface area contributed by atoms with Gasteiger partial charge in [0.2, 0.25) is 10.0 Å². The highest BCUT2D eigenvalue weighted by Crippen LogP contribution is 2.19. The average Bonchev–Trinajstić information content (AvgIpc) is 3.14. The molecule has 8 nitrogen and oxygen atoms in total. The van der Waals surface area contributed by atoms with E-state index in [0.717, 1.165) is 18.8 Å². The molecule has 2 aromatic rings. The summed E-state index contributed by atoms with van der Waals surface area (Å²) in [4.78, 5) is 19.1. The molecule has 1 aliphatic heterocycles. The Bertz CT molecular complexity index is 975. The van der Waals surface area contributed by atoms with Crippen LogP contribution in [0.2, 0.25) is 0 Å². The van der Waals surface area contributed by atoms with Crippen molar-refractivity contribution in [2.24, 2.45) is 0 Å². The number of nitrogens with zero attached hydrogens (tertiary/aromatic N) is 2. The Hall–Kier alpha value is -2.29. The van der Waals surface area contributed by atoms with Gasteiger partial charge in [-0.1, -0.05) is 12.0 Å². The summed E-state index contributed by atoms with van der Waals surface area (Å²) in [6, 6.07) is 5.75. The minimum atomic E-state index is -3.76. The van der Waals surface area contributed by atoms with E-state index in [1.807, 2.05) is 5.38 Å². The molecule has 148 valence electrons. The van der Waals surface area contributed by atoms with Crippen LogP contribution in [0.25, 0.3) is 0 Å². The van der Waals surface area contributed by atoms with E-state index in [1.165, 1.54) is 35.6 Å². The number of hydrogen-bond donors (Lipinski definition) is 2. The quantitative estimate of drug-likeness (QED) is 0.652. The summed E-state index contributed by atoms with van der Waals surface area (Å²) in [6.07, 6.45) is 5.08. The lowest BCUT2D eigenvalue weighted by Gasteiger charge is -2.25. The van der Waals surface area contributed by atoms with E-state index in [4.69, 9.17) is 11.2 Å². The van der Waals surface area contributed by atoms with Gasteiger partial charge < -0.3 is 4.74 Å². The fourth-order valence-electron chi connectivity index (χ4n) is 2.62. The smallest absolute Gasteiger partial charge is 0.257 e. The number of aromatic nitrogens is 1. The fraction of sp³-hybridized carbons (Fsp3) is 0.333. The normalized spacial score (nSPS) is 15.1. The molecule has 1 fully saturated rings. The Kier molecular flexibility index (Phi) is 6.77. The summed E-state index contributed by atoms with van der Waals surface area (Å²) in [5.74, 6) is 1.78.